The van der Waals surface area contributed by atoms with Gasteiger partial charge in [0.25, 0.3) is 0 Å². The second kappa shape index (κ2) is 7.50. The minimum atomic E-state index is -4.58. The minimum absolute atomic E-state index is 0.0372. The van der Waals surface area contributed by atoms with Crippen LogP contribution in [0.1, 0.15) is 11.1 Å². The molecule has 0 heterocycles. The molecule has 2 aromatic rings. The minimum Gasteiger partial charge on any atom is -0.481 e. The highest BCUT2D eigenvalue weighted by atomic mass is 79.9. The molecule has 122 valence electrons. The maximum atomic E-state index is 12.9. The Labute approximate surface area is 139 Å². The summed E-state index contributed by atoms with van der Waals surface area (Å²) in [7, 11) is 0. The van der Waals surface area contributed by atoms with Crippen LogP contribution in [0.3, 0.4) is 0 Å². The van der Waals surface area contributed by atoms with Gasteiger partial charge in [0.1, 0.15) is 12.4 Å². The Hall–Kier alpha value is -2.02. The highest BCUT2D eigenvalue weighted by Crippen LogP contribution is 2.37. The zero-order chi connectivity index (χ0) is 16.9. The molecule has 0 aromatic heterocycles. The lowest BCUT2D eigenvalue weighted by atomic mass is 10.2. The number of halogens is 4. The first kappa shape index (κ1) is 17.3. The van der Waals surface area contributed by atoms with Crippen LogP contribution in [0, 0.1) is 0 Å². The fourth-order valence-corrected chi connectivity index (χ4v) is 2.13. The third kappa shape index (κ3) is 5.28. The van der Waals surface area contributed by atoms with Gasteiger partial charge in [0.15, 0.2) is 6.61 Å². The summed E-state index contributed by atoms with van der Waals surface area (Å²) < 4.78 is 48.9. The molecule has 0 radical (unpaired) electrons. The van der Waals surface area contributed by atoms with E-state index in [0.29, 0.717) is 0 Å². The van der Waals surface area contributed by atoms with Crippen LogP contribution in [0.25, 0.3) is 0 Å². The van der Waals surface area contributed by atoms with Crippen molar-refractivity contribution in [3.63, 3.8) is 0 Å². The van der Waals surface area contributed by atoms with Gasteiger partial charge in [-0.1, -0.05) is 46.3 Å². The van der Waals surface area contributed by atoms with Crippen molar-refractivity contribution in [2.45, 2.75) is 12.8 Å². The van der Waals surface area contributed by atoms with Crippen molar-refractivity contribution < 1.29 is 27.4 Å². The lowest BCUT2D eigenvalue weighted by Gasteiger charge is -2.14. The average Bonchev–Trinajstić information content (AvgIpc) is 2.52. The van der Waals surface area contributed by atoms with Gasteiger partial charge in [-0.15, -0.1) is 0 Å². The first-order chi connectivity index (χ1) is 10.9. The van der Waals surface area contributed by atoms with Crippen LogP contribution in [-0.4, -0.2) is 12.6 Å². The monoisotopic (exact) mass is 388 g/mol. The largest absolute Gasteiger partial charge is 0.481 e. The third-order valence-electron chi connectivity index (χ3n) is 2.84. The second-order valence-electron chi connectivity index (χ2n) is 4.57. The number of carbonyl (C=O) groups is 1. The number of benzene rings is 2. The standard InChI is InChI=1S/C16H12BrF3O3/c17-12-6-7-14(13(8-12)16(18,19)20)22-10-15(21)23-9-11-4-2-1-3-5-11/h1-8H,9-10H2. The van der Waals surface area contributed by atoms with Crippen LogP contribution in [0.5, 0.6) is 5.75 Å². The van der Waals surface area contributed by atoms with Crippen LogP contribution >= 0.6 is 15.9 Å². The predicted molar refractivity (Wildman–Crippen MR) is 80.9 cm³/mol. The fraction of sp³-hybridized carbons (Fsp3) is 0.188. The van der Waals surface area contributed by atoms with Gasteiger partial charge in [0.05, 0.1) is 5.56 Å². The highest BCUT2D eigenvalue weighted by molar-refractivity contribution is 9.10. The molecule has 2 aromatic carbocycles. The summed E-state index contributed by atoms with van der Waals surface area (Å²) >= 11 is 2.97. The van der Waals surface area contributed by atoms with E-state index in [1.54, 1.807) is 24.3 Å². The molecule has 0 saturated heterocycles. The molecule has 0 saturated carbocycles. The summed E-state index contributed by atoms with van der Waals surface area (Å²) in [6.07, 6.45) is -4.58. The molecule has 0 aliphatic heterocycles. The van der Waals surface area contributed by atoms with E-state index >= 15 is 0 Å². The van der Waals surface area contributed by atoms with Crippen molar-refractivity contribution in [2.75, 3.05) is 6.61 Å². The van der Waals surface area contributed by atoms with E-state index in [9.17, 15) is 18.0 Å². The van der Waals surface area contributed by atoms with Crippen LogP contribution < -0.4 is 4.74 Å². The number of hydrogen-bond donors (Lipinski definition) is 0. The summed E-state index contributed by atoms with van der Waals surface area (Å²) in [5.74, 6) is -1.16. The maximum Gasteiger partial charge on any atom is 0.420 e. The van der Waals surface area contributed by atoms with Gasteiger partial charge in [-0.2, -0.15) is 13.2 Å². The van der Waals surface area contributed by atoms with E-state index < -0.39 is 30.1 Å². The normalized spacial score (nSPS) is 11.1. The summed E-state index contributed by atoms with van der Waals surface area (Å²) in [6, 6.07) is 12.4. The van der Waals surface area contributed by atoms with Crippen molar-refractivity contribution in [1.29, 1.82) is 0 Å². The number of hydrogen-bond acceptors (Lipinski definition) is 3. The lowest BCUT2D eigenvalue weighted by Crippen LogP contribution is -2.17. The van der Waals surface area contributed by atoms with Crippen molar-refractivity contribution in [3.8, 4) is 5.75 Å². The van der Waals surface area contributed by atoms with E-state index in [1.807, 2.05) is 6.07 Å². The van der Waals surface area contributed by atoms with Gasteiger partial charge in [-0.3, -0.25) is 0 Å². The topological polar surface area (TPSA) is 35.5 Å². The molecule has 0 bridgehead atoms. The quantitative estimate of drug-likeness (QED) is 0.702. The van der Waals surface area contributed by atoms with E-state index in [1.165, 1.54) is 6.07 Å². The van der Waals surface area contributed by atoms with Gasteiger partial charge in [0.2, 0.25) is 0 Å². The number of rotatable bonds is 5. The maximum absolute atomic E-state index is 12.9. The molecule has 0 amide bonds. The smallest absolute Gasteiger partial charge is 0.420 e. The van der Waals surface area contributed by atoms with Gasteiger partial charge in [-0.25, -0.2) is 4.79 Å². The Kier molecular flexibility index (Phi) is 5.65. The summed E-state index contributed by atoms with van der Waals surface area (Å²) in [5, 5.41) is 0. The number of carbonyl (C=O) groups excluding carboxylic acids is 1. The first-order valence-electron chi connectivity index (χ1n) is 6.55. The molecule has 3 nitrogen and oxygen atoms in total. The van der Waals surface area contributed by atoms with Crippen molar-refractivity contribution in [3.05, 3.63) is 64.1 Å². The molecule has 0 atom stereocenters. The molecule has 2 rings (SSSR count). The summed E-state index contributed by atoms with van der Waals surface area (Å²) in [6.45, 7) is -0.562. The Morgan fingerprint density at radius 1 is 1.09 bits per heavy atom. The molecule has 0 aliphatic carbocycles. The number of esters is 1. The highest BCUT2D eigenvalue weighted by Gasteiger charge is 2.34. The van der Waals surface area contributed by atoms with Crippen molar-refractivity contribution >= 4 is 21.9 Å². The van der Waals surface area contributed by atoms with E-state index in [-0.39, 0.29) is 11.1 Å². The van der Waals surface area contributed by atoms with E-state index in [4.69, 9.17) is 9.47 Å². The Balaban J connectivity index is 1.94. The van der Waals surface area contributed by atoms with Crippen molar-refractivity contribution in [2.24, 2.45) is 0 Å². The van der Waals surface area contributed by atoms with Crippen molar-refractivity contribution in [1.82, 2.24) is 0 Å². The van der Waals surface area contributed by atoms with Crippen LogP contribution in [-0.2, 0) is 22.3 Å². The van der Waals surface area contributed by atoms with Gasteiger partial charge < -0.3 is 9.47 Å². The lowest BCUT2D eigenvalue weighted by molar-refractivity contribution is -0.149. The predicted octanol–water partition coefficient (Wildman–Crippen LogP) is 4.59. The number of ether oxygens (including phenoxy) is 2. The third-order valence-corrected chi connectivity index (χ3v) is 3.33. The first-order valence-corrected chi connectivity index (χ1v) is 7.34. The molecule has 0 fully saturated rings. The second-order valence-corrected chi connectivity index (χ2v) is 5.49. The molecule has 0 unspecified atom stereocenters. The Bertz CT molecular complexity index is 672. The zero-order valence-corrected chi connectivity index (χ0v) is 13.4. The van der Waals surface area contributed by atoms with Gasteiger partial charge in [0, 0.05) is 4.47 Å². The SMILES string of the molecule is O=C(COc1ccc(Br)cc1C(F)(F)F)OCc1ccccc1. The van der Waals surface area contributed by atoms with Gasteiger partial charge in [-0.05, 0) is 23.8 Å². The average molecular weight is 389 g/mol. The van der Waals surface area contributed by atoms with Crippen LogP contribution in [0.4, 0.5) is 13.2 Å². The fourth-order valence-electron chi connectivity index (χ4n) is 1.77. The molecule has 7 heteroatoms. The summed E-state index contributed by atoms with van der Waals surface area (Å²) in [4.78, 5) is 11.6. The molecule has 0 aliphatic rings. The van der Waals surface area contributed by atoms with Crippen LogP contribution in [0.2, 0.25) is 0 Å². The zero-order valence-electron chi connectivity index (χ0n) is 11.8. The molecule has 0 N–H and O–H groups in total. The van der Waals surface area contributed by atoms with E-state index in [0.717, 1.165) is 17.7 Å². The number of alkyl halides is 3. The molecule has 23 heavy (non-hydrogen) atoms. The molecule has 0 spiro atoms. The Morgan fingerprint density at radius 3 is 2.43 bits per heavy atom. The van der Waals surface area contributed by atoms with Gasteiger partial charge >= 0.3 is 12.1 Å². The molecular formula is C16H12BrF3O3. The molecular weight excluding hydrogens is 377 g/mol. The van der Waals surface area contributed by atoms with Crippen LogP contribution in [0.15, 0.2) is 53.0 Å². The summed E-state index contributed by atoms with van der Waals surface area (Å²) in [5.41, 5.74) is -0.178. The van der Waals surface area contributed by atoms with E-state index in [2.05, 4.69) is 15.9 Å². The Morgan fingerprint density at radius 2 is 1.78 bits per heavy atom.